The van der Waals surface area contributed by atoms with E-state index in [2.05, 4.69) is 0 Å². The van der Waals surface area contributed by atoms with Crippen LogP contribution in [-0.4, -0.2) is 22.2 Å². The summed E-state index contributed by atoms with van der Waals surface area (Å²) in [5.74, 6) is -0.290. The number of nitrogens with zero attached hydrogens (tertiary/aromatic N) is 2. The number of esters is 1. The summed E-state index contributed by atoms with van der Waals surface area (Å²) in [6, 6.07) is 0. The van der Waals surface area contributed by atoms with E-state index in [0.717, 1.165) is 9.44 Å². The smallest absolute Gasteiger partial charge is 0.339 e. The summed E-state index contributed by atoms with van der Waals surface area (Å²) in [6.45, 7) is 6.40. The fourth-order valence-electron chi connectivity index (χ4n) is 2.47. The Labute approximate surface area is 131 Å². The molecular weight excluding hydrogens is 304 g/mol. The number of hydrogen-bond donors (Lipinski definition) is 0. The number of methoxy groups -OCH3 is 1. The number of hydrogen-bond acceptors (Lipinski definition) is 5. The molecule has 0 spiro atoms. The molecule has 0 radical (unpaired) electrons. The van der Waals surface area contributed by atoms with Crippen LogP contribution in [0.25, 0.3) is 10.2 Å². The first-order valence-electron chi connectivity index (χ1n) is 7.16. The van der Waals surface area contributed by atoms with Gasteiger partial charge in [-0.1, -0.05) is 20.8 Å². The number of fused-ring (bicyclic) bond motifs is 1. The lowest BCUT2D eigenvalue weighted by molar-refractivity contribution is 0.0602. The number of carbonyl (C=O) groups excluding carboxylic acids is 1. The van der Waals surface area contributed by atoms with Crippen LogP contribution in [0, 0.1) is 5.92 Å². The Morgan fingerprint density at radius 3 is 2.45 bits per heavy atom. The molecule has 2 heterocycles. The highest BCUT2D eigenvalue weighted by atomic mass is 32.1. The molecule has 0 saturated heterocycles. The van der Waals surface area contributed by atoms with E-state index in [-0.39, 0.29) is 17.0 Å². The van der Waals surface area contributed by atoms with Crippen LogP contribution in [0.15, 0.2) is 9.59 Å². The minimum absolute atomic E-state index is 0.243. The molecule has 0 unspecified atom stereocenters. The van der Waals surface area contributed by atoms with Gasteiger partial charge in [0, 0.05) is 18.5 Å². The van der Waals surface area contributed by atoms with Crippen molar-refractivity contribution in [3.05, 3.63) is 31.3 Å². The van der Waals surface area contributed by atoms with E-state index in [1.54, 1.807) is 4.57 Å². The second-order valence-corrected chi connectivity index (χ2v) is 6.66. The molecule has 2 rings (SSSR count). The molecule has 0 N–H and O–H groups in total. The standard InChI is InChI=1S/C15H20N2O4S/c1-6-9-10(14(19)21-5)11-12(18)16(4)15(20)17(7-8(2)3)13(11)22-9/h8H,6-7H2,1-5H3. The fourth-order valence-corrected chi connectivity index (χ4v) is 3.69. The Bertz CT molecular complexity index is 842. The van der Waals surface area contributed by atoms with Crippen LogP contribution >= 0.6 is 11.3 Å². The largest absolute Gasteiger partial charge is 0.465 e. The van der Waals surface area contributed by atoms with Crippen molar-refractivity contribution in [1.82, 2.24) is 9.13 Å². The molecule has 2 aromatic rings. The molecule has 0 fully saturated rings. The molecule has 0 aliphatic rings. The van der Waals surface area contributed by atoms with E-state index in [4.69, 9.17) is 4.74 Å². The molecule has 0 aliphatic heterocycles. The van der Waals surface area contributed by atoms with Crippen LogP contribution in [-0.2, 0) is 24.8 Å². The van der Waals surface area contributed by atoms with E-state index in [0.29, 0.717) is 23.4 Å². The quantitative estimate of drug-likeness (QED) is 0.804. The summed E-state index contributed by atoms with van der Waals surface area (Å²) < 4.78 is 7.46. The molecule has 0 amide bonds. The molecule has 0 aromatic carbocycles. The van der Waals surface area contributed by atoms with Gasteiger partial charge in [-0.05, 0) is 12.3 Å². The van der Waals surface area contributed by atoms with E-state index >= 15 is 0 Å². The van der Waals surface area contributed by atoms with E-state index < -0.39 is 11.5 Å². The average molecular weight is 324 g/mol. The van der Waals surface area contributed by atoms with Gasteiger partial charge in [-0.25, -0.2) is 9.59 Å². The van der Waals surface area contributed by atoms with Crippen molar-refractivity contribution < 1.29 is 9.53 Å². The lowest BCUT2D eigenvalue weighted by Gasteiger charge is -2.11. The molecule has 0 atom stereocenters. The SMILES string of the molecule is CCc1sc2c(c1C(=O)OC)c(=O)n(C)c(=O)n2CC(C)C. The van der Waals surface area contributed by atoms with Crippen molar-refractivity contribution >= 4 is 27.5 Å². The number of ether oxygens (including phenoxy) is 1. The molecule has 120 valence electrons. The second-order valence-electron chi connectivity index (χ2n) is 5.58. The summed E-state index contributed by atoms with van der Waals surface area (Å²) in [5, 5.41) is 0.288. The van der Waals surface area contributed by atoms with Crippen molar-refractivity contribution in [2.24, 2.45) is 13.0 Å². The van der Waals surface area contributed by atoms with Gasteiger partial charge in [-0.15, -0.1) is 11.3 Å². The van der Waals surface area contributed by atoms with Crippen molar-refractivity contribution in [3.63, 3.8) is 0 Å². The Morgan fingerprint density at radius 2 is 1.95 bits per heavy atom. The minimum atomic E-state index is -0.532. The molecule has 0 saturated carbocycles. The average Bonchev–Trinajstić information content (AvgIpc) is 2.87. The normalized spacial score (nSPS) is 11.4. The number of aromatic nitrogens is 2. The molecule has 0 aliphatic carbocycles. The van der Waals surface area contributed by atoms with Gasteiger partial charge in [0.05, 0.1) is 18.1 Å². The zero-order chi connectivity index (χ0) is 16.6. The lowest BCUT2D eigenvalue weighted by Crippen LogP contribution is -2.38. The van der Waals surface area contributed by atoms with Crippen LogP contribution in [0.2, 0.25) is 0 Å². The van der Waals surface area contributed by atoms with Gasteiger partial charge in [0.25, 0.3) is 5.56 Å². The summed E-state index contributed by atoms with van der Waals surface area (Å²) in [4.78, 5) is 38.3. The van der Waals surface area contributed by atoms with Gasteiger partial charge in [-0.3, -0.25) is 13.9 Å². The first-order valence-corrected chi connectivity index (χ1v) is 7.98. The van der Waals surface area contributed by atoms with Crippen LogP contribution in [0.1, 0.15) is 36.0 Å². The lowest BCUT2D eigenvalue weighted by atomic mass is 10.1. The third-order valence-corrected chi connectivity index (χ3v) is 4.86. The maximum atomic E-state index is 12.5. The zero-order valence-electron chi connectivity index (χ0n) is 13.4. The maximum absolute atomic E-state index is 12.5. The van der Waals surface area contributed by atoms with Crippen LogP contribution < -0.4 is 11.2 Å². The van der Waals surface area contributed by atoms with Crippen molar-refractivity contribution in [2.75, 3.05) is 7.11 Å². The van der Waals surface area contributed by atoms with E-state index in [9.17, 15) is 14.4 Å². The fraction of sp³-hybridized carbons (Fsp3) is 0.533. The predicted octanol–water partition coefficient (Wildman–Crippen LogP) is 1.77. The minimum Gasteiger partial charge on any atom is -0.465 e. The first-order chi connectivity index (χ1) is 10.3. The van der Waals surface area contributed by atoms with Gasteiger partial charge in [0.15, 0.2) is 0 Å². The summed E-state index contributed by atoms with van der Waals surface area (Å²) in [5.41, 5.74) is -0.508. The van der Waals surface area contributed by atoms with Gasteiger partial charge >= 0.3 is 11.7 Å². The topological polar surface area (TPSA) is 70.3 Å². The number of aryl methyl sites for hydroxylation is 1. The summed E-state index contributed by atoms with van der Waals surface area (Å²) in [7, 11) is 2.73. The molecule has 6 nitrogen and oxygen atoms in total. The van der Waals surface area contributed by atoms with E-state index in [1.807, 2.05) is 20.8 Å². The number of thiophene rings is 1. The van der Waals surface area contributed by atoms with Gasteiger partial charge in [0.1, 0.15) is 4.83 Å². The Morgan fingerprint density at radius 1 is 1.32 bits per heavy atom. The zero-order valence-corrected chi connectivity index (χ0v) is 14.2. The van der Waals surface area contributed by atoms with Crippen LogP contribution in [0.5, 0.6) is 0 Å². The highest BCUT2D eigenvalue weighted by Crippen LogP contribution is 2.29. The highest BCUT2D eigenvalue weighted by Gasteiger charge is 2.25. The monoisotopic (exact) mass is 324 g/mol. The highest BCUT2D eigenvalue weighted by molar-refractivity contribution is 7.19. The van der Waals surface area contributed by atoms with Crippen molar-refractivity contribution in [3.8, 4) is 0 Å². The van der Waals surface area contributed by atoms with Crippen molar-refractivity contribution in [1.29, 1.82) is 0 Å². The molecule has 2 aromatic heterocycles. The van der Waals surface area contributed by atoms with Crippen LogP contribution in [0.4, 0.5) is 0 Å². The second kappa shape index (κ2) is 6.08. The number of rotatable bonds is 4. The van der Waals surface area contributed by atoms with Gasteiger partial charge in [-0.2, -0.15) is 0 Å². The van der Waals surface area contributed by atoms with Crippen molar-refractivity contribution in [2.45, 2.75) is 33.7 Å². The molecule has 0 bridgehead atoms. The third-order valence-electron chi connectivity index (χ3n) is 3.50. The number of carbonyl (C=O) groups is 1. The van der Waals surface area contributed by atoms with Gasteiger partial charge < -0.3 is 4.74 Å². The molecule has 22 heavy (non-hydrogen) atoms. The third kappa shape index (κ3) is 2.49. The first kappa shape index (κ1) is 16.5. The summed E-state index contributed by atoms with van der Waals surface area (Å²) >= 11 is 1.32. The predicted molar refractivity (Wildman–Crippen MR) is 86.9 cm³/mol. The Kier molecular flexibility index (Phi) is 4.55. The van der Waals surface area contributed by atoms with Gasteiger partial charge in [0.2, 0.25) is 0 Å². The maximum Gasteiger partial charge on any atom is 0.339 e. The summed E-state index contributed by atoms with van der Waals surface area (Å²) in [6.07, 6.45) is 0.600. The molecule has 7 heteroatoms. The Balaban J connectivity index is 3.00. The van der Waals surface area contributed by atoms with Crippen LogP contribution in [0.3, 0.4) is 0 Å². The molecular formula is C15H20N2O4S. The Hall–Kier alpha value is -1.89. The van der Waals surface area contributed by atoms with E-state index in [1.165, 1.54) is 25.5 Å².